The SMILES string of the molecule is CCOC(=O)C(C)N[P@@](=O)(OC[C@H]1O[C@@H](n2cnc3c(NC4CC4)nc(N)nc32)[C@@](F)(CF)[C@@H]1O)Oc1ccccc1.CCOC(=O)C(C)N[P@](=O)(OC[C@H]1O[C@@H](n2cnc3c(NC4CC4)nc(N)nc32)[C@@](F)(CF)[C@@H]1O)Oc1ccccc1.CCOC(=O)[C@H](C)NP(=O)(OC[C@H]1O[C@@H](n2cnc3c(NC4CC4)nc(N)nc32)[C@@](F)(CF)[C@@H]1O)Oc1ccccc1. The first-order valence-electron chi connectivity index (χ1n) is 40.1. The van der Waals surface area contributed by atoms with Gasteiger partial charge < -0.3 is 90.5 Å². The van der Waals surface area contributed by atoms with Crippen molar-refractivity contribution in [2.75, 3.05) is 92.8 Å². The number of anilines is 6. The number of nitrogen functional groups attached to an aromatic ring is 3. The van der Waals surface area contributed by atoms with Crippen LogP contribution in [0.1, 0.15) is 98.8 Å². The number of rotatable bonds is 39. The third kappa shape index (κ3) is 21.4. The fraction of sp³-hybridized carbons (Fsp3) is 0.520. The van der Waals surface area contributed by atoms with E-state index >= 15 is 13.2 Å². The highest BCUT2D eigenvalue weighted by atomic mass is 31.2. The Kier molecular flexibility index (Phi) is 29.3. The molecule has 684 valence electrons. The van der Waals surface area contributed by atoms with E-state index in [-0.39, 0.29) is 107 Å². The molecule has 3 saturated heterocycles. The molecule has 0 spiro atoms. The lowest BCUT2D eigenvalue weighted by Gasteiger charge is -2.26. The molecular formula is C75H96F6N21O21P3. The molecule has 9 aromatic rings. The first-order valence-corrected chi connectivity index (χ1v) is 44.7. The molecule has 3 aliphatic carbocycles. The van der Waals surface area contributed by atoms with E-state index in [9.17, 15) is 56.6 Å². The largest absolute Gasteiger partial charge is 0.465 e. The predicted molar refractivity (Wildman–Crippen MR) is 438 cm³/mol. The van der Waals surface area contributed by atoms with Gasteiger partial charge in [0.25, 0.3) is 0 Å². The summed E-state index contributed by atoms with van der Waals surface area (Å²) >= 11 is 0. The molecule has 15 N–H and O–H groups in total. The Balaban J connectivity index is 0.000000162. The minimum Gasteiger partial charge on any atom is -0.465 e. The van der Waals surface area contributed by atoms with E-state index in [2.05, 4.69) is 76.1 Å². The maximum absolute atomic E-state index is 16.1. The van der Waals surface area contributed by atoms with Crippen molar-refractivity contribution in [1.82, 2.24) is 73.8 Å². The van der Waals surface area contributed by atoms with Crippen LogP contribution in [0.5, 0.6) is 17.2 Å². The number of nitrogens with two attached hydrogens (primary N) is 3. The Morgan fingerprint density at radius 1 is 0.444 bits per heavy atom. The molecule has 42 nitrogen and oxygen atoms in total. The van der Waals surface area contributed by atoms with Gasteiger partial charge in [0, 0.05) is 18.1 Å². The van der Waals surface area contributed by atoms with Crippen LogP contribution >= 0.6 is 23.2 Å². The summed E-state index contributed by atoms with van der Waals surface area (Å²) in [5, 5.41) is 49.5. The van der Waals surface area contributed by atoms with Crippen molar-refractivity contribution in [3.8, 4) is 17.2 Å². The van der Waals surface area contributed by atoms with Gasteiger partial charge in [0.2, 0.25) is 34.9 Å². The molecule has 6 aliphatic rings. The number of fused-ring (bicyclic) bond motifs is 3. The zero-order valence-electron chi connectivity index (χ0n) is 68.6. The molecule has 6 aromatic heterocycles. The minimum atomic E-state index is -4.37. The summed E-state index contributed by atoms with van der Waals surface area (Å²) in [6.45, 7) is 2.18. The zero-order chi connectivity index (χ0) is 90.2. The van der Waals surface area contributed by atoms with Crippen LogP contribution < -0.4 is 62.0 Å². The van der Waals surface area contributed by atoms with E-state index in [1.165, 1.54) is 76.2 Å². The summed E-state index contributed by atoms with van der Waals surface area (Å²) in [5.41, 5.74) is 9.66. The average molecular weight is 1830 g/mol. The number of benzene rings is 3. The van der Waals surface area contributed by atoms with Crippen LogP contribution in [0.4, 0.5) is 61.6 Å². The van der Waals surface area contributed by atoms with Crippen LogP contribution in [0.2, 0.25) is 0 Å². The number of alkyl halides is 6. The molecule has 51 heteroatoms. The number of imidazole rings is 3. The molecule has 0 bridgehead atoms. The van der Waals surface area contributed by atoms with Gasteiger partial charge in [-0.2, -0.15) is 45.2 Å². The van der Waals surface area contributed by atoms with Crippen molar-refractivity contribution in [2.45, 2.75) is 189 Å². The van der Waals surface area contributed by atoms with Crippen LogP contribution in [0.15, 0.2) is 110 Å². The Hall–Kier alpha value is -10.3. The molecular weight excluding hydrogens is 1740 g/mol. The molecule has 126 heavy (non-hydrogen) atoms. The van der Waals surface area contributed by atoms with Gasteiger partial charge in [-0.05, 0) is 116 Å². The lowest BCUT2D eigenvalue weighted by Crippen LogP contribution is -2.45. The van der Waals surface area contributed by atoms with Crippen LogP contribution in [0, 0.1) is 0 Å². The van der Waals surface area contributed by atoms with Crippen molar-refractivity contribution in [1.29, 1.82) is 0 Å². The number of hydrogen-bond acceptors (Lipinski definition) is 36. The van der Waals surface area contributed by atoms with Gasteiger partial charge in [-0.3, -0.25) is 41.7 Å². The standard InChI is InChI=1S/3C25H32F2N7O7P/c3*1-3-38-22(36)14(2)33-42(37,41-16-7-5-4-6-8-16)39-11-17-19(35)25(27,12-26)23(40-17)34-13-29-18-20(30-15-9-10-15)31-24(28)32-21(18)34/h3*4-8,13-15,17,19,23,35H,3,9-12H2,1-2H3,(H,33,37)(H3,28,30,31,32)/t14?,17-,19-,23-,25-,42+;14?,17-,19-,23-,25-,42-;14-,17+,19+,23+,25+,42?/m110/s1. The molecule has 3 saturated carbocycles. The summed E-state index contributed by atoms with van der Waals surface area (Å²) in [7, 11) is -13.1. The third-order valence-corrected chi connectivity index (χ3v) is 25.2. The molecule has 6 fully saturated rings. The van der Waals surface area contributed by atoms with Gasteiger partial charge in [0.15, 0.2) is 69.6 Å². The van der Waals surface area contributed by atoms with E-state index in [1.807, 2.05) is 0 Å². The Labute approximate surface area is 714 Å². The number of esters is 3. The second kappa shape index (κ2) is 39.5. The second-order valence-corrected chi connectivity index (χ2v) is 35.1. The highest BCUT2D eigenvalue weighted by molar-refractivity contribution is 7.52. The van der Waals surface area contributed by atoms with Crippen molar-refractivity contribution in [3.05, 3.63) is 110 Å². The topological polar surface area (TPSA) is 555 Å². The molecule has 3 aliphatic heterocycles. The van der Waals surface area contributed by atoms with E-state index in [0.717, 1.165) is 52.2 Å². The van der Waals surface area contributed by atoms with Crippen LogP contribution in [0.3, 0.4) is 0 Å². The molecule has 3 unspecified atom stereocenters. The summed E-state index contributed by atoms with van der Waals surface area (Å²) in [4.78, 5) is 74.3. The lowest BCUT2D eigenvalue weighted by atomic mass is 9.97. The first kappa shape index (κ1) is 93.4. The maximum Gasteiger partial charge on any atom is 0.459 e. The Morgan fingerprint density at radius 3 is 0.913 bits per heavy atom. The van der Waals surface area contributed by atoms with Crippen LogP contribution in [-0.4, -0.2) is 241 Å². The number of aliphatic hydroxyl groups excluding tert-OH is 3. The molecule has 15 rings (SSSR count). The van der Waals surface area contributed by atoms with Crippen molar-refractivity contribution in [2.24, 2.45) is 0 Å². The Morgan fingerprint density at radius 2 is 0.690 bits per heavy atom. The van der Waals surface area contributed by atoms with Crippen molar-refractivity contribution >= 4 is 110 Å². The molecule has 18 atom stereocenters. The minimum absolute atomic E-state index is 0.0582. The quantitative estimate of drug-likeness (QED) is 0.00751. The number of carbonyl (C=O) groups excluding carboxylic acids is 3. The molecule has 3 aromatic carbocycles. The van der Waals surface area contributed by atoms with Gasteiger partial charge in [-0.15, -0.1) is 0 Å². The number of para-hydroxylation sites is 3. The maximum atomic E-state index is 16.1. The van der Waals surface area contributed by atoms with E-state index in [4.69, 9.17) is 72.8 Å². The van der Waals surface area contributed by atoms with Crippen LogP contribution in [-0.2, 0) is 70.1 Å². The van der Waals surface area contributed by atoms with Gasteiger partial charge in [-0.1, -0.05) is 54.6 Å². The van der Waals surface area contributed by atoms with E-state index in [1.54, 1.807) is 75.4 Å². The van der Waals surface area contributed by atoms with Crippen molar-refractivity contribution < 1.29 is 125 Å². The fourth-order valence-electron chi connectivity index (χ4n) is 13.3. The number of hydrogen-bond donors (Lipinski definition) is 12. The number of aliphatic hydroxyl groups is 3. The highest BCUT2D eigenvalue weighted by Crippen LogP contribution is 2.53. The van der Waals surface area contributed by atoms with Crippen molar-refractivity contribution in [3.63, 3.8) is 0 Å². The van der Waals surface area contributed by atoms with Gasteiger partial charge in [-0.25, -0.2) is 55.0 Å². The summed E-state index contributed by atoms with van der Waals surface area (Å²) in [6.07, 6.45) is -6.84. The molecule has 9 heterocycles. The van der Waals surface area contributed by atoms with Gasteiger partial charge >= 0.3 is 41.1 Å². The number of ether oxygens (including phenoxy) is 6. The number of nitrogens with zero attached hydrogens (tertiary/aromatic N) is 12. The third-order valence-electron chi connectivity index (χ3n) is 20.2. The molecule has 0 radical (unpaired) electrons. The van der Waals surface area contributed by atoms with E-state index < -0.39 is 171 Å². The predicted octanol–water partition coefficient (Wildman–Crippen LogP) is 7.99. The average Bonchev–Trinajstić information content (AvgIpc) is 1.57. The highest BCUT2D eigenvalue weighted by Gasteiger charge is 2.63. The summed E-state index contributed by atoms with van der Waals surface area (Å²) < 4.78 is 201. The number of nitrogens with one attached hydrogen (secondary N) is 6. The summed E-state index contributed by atoms with van der Waals surface area (Å²) in [5.74, 6) is -1.14. The summed E-state index contributed by atoms with van der Waals surface area (Å²) in [6, 6.07) is 21.1. The second-order valence-electron chi connectivity index (χ2n) is 30.0. The zero-order valence-corrected chi connectivity index (χ0v) is 71.2. The van der Waals surface area contributed by atoms with Gasteiger partial charge in [0.05, 0.1) is 58.6 Å². The first-order chi connectivity index (χ1) is 60.2. The Bertz CT molecular complexity index is 4910. The number of carbonyl (C=O) groups is 3. The monoisotopic (exact) mass is 1830 g/mol. The molecule has 0 amide bonds. The smallest absolute Gasteiger partial charge is 0.459 e. The van der Waals surface area contributed by atoms with E-state index in [0.29, 0.717) is 17.5 Å². The normalized spacial score (nSPS) is 26.1. The lowest BCUT2D eigenvalue weighted by molar-refractivity contribution is -0.145. The number of aromatic nitrogens is 12. The fourth-order valence-corrected chi connectivity index (χ4v) is 17.8. The van der Waals surface area contributed by atoms with Crippen LogP contribution in [0.25, 0.3) is 33.5 Å². The number of halogens is 6. The van der Waals surface area contributed by atoms with Gasteiger partial charge in [0.1, 0.15) is 92.0 Å².